The molecule has 1 N–H and O–H groups in total. The third-order valence-electron chi connectivity index (χ3n) is 3.31. The molecule has 0 spiro atoms. The molecule has 0 aliphatic rings. The van der Waals surface area contributed by atoms with Crippen LogP contribution in [0.1, 0.15) is 17.4 Å². The number of aliphatic carboxylic acids is 1. The minimum absolute atomic E-state index is 0.0617. The second-order valence-electron chi connectivity index (χ2n) is 5.34. The Bertz CT molecular complexity index is 783. The summed E-state index contributed by atoms with van der Waals surface area (Å²) in [6.07, 6.45) is 0. The normalized spacial score (nSPS) is 11.7. The lowest BCUT2D eigenvalue weighted by atomic mass is 10.1. The van der Waals surface area contributed by atoms with Gasteiger partial charge in [-0.15, -0.1) is 10.2 Å². The van der Waals surface area contributed by atoms with Gasteiger partial charge in [0.25, 0.3) is 5.91 Å². The zero-order valence-electron chi connectivity index (χ0n) is 13.4. The van der Waals surface area contributed by atoms with Crippen LogP contribution in [0.5, 0.6) is 11.6 Å². The summed E-state index contributed by atoms with van der Waals surface area (Å²) in [5.74, 6) is -1.65. The summed E-state index contributed by atoms with van der Waals surface area (Å²) in [6, 6.07) is 7.82. The van der Waals surface area contributed by atoms with E-state index in [1.165, 1.54) is 31.0 Å². The van der Waals surface area contributed by atoms with Crippen LogP contribution in [0.3, 0.4) is 0 Å². The minimum Gasteiger partial charge on any atom is -0.481 e. The average Bonchev–Trinajstić information content (AvgIpc) is 2.58. The predicted molar refractivity (Wildman–Crippen MR) is 92.3 cm³/mol. The molecule has 1 aromatic carbocycles. The second-order valence-corrected chi connectivity index (χ2v) is 6.12. The van der Waals surface area contributed by atoms with E-state index in [1.807, 2.05) is 0 Å². The van der Waals surface area contributed by atoms with Gasteiger partial charge < -0.3 is 14.7 Å². The molecule has 1 aromatic heterocycles. The topological polar surface area (TPSA) is 92.6 Å². The van der Waals surface area contributed by atoms with Crippen molar-refractivity contribution >= 4 is 35.1 Å². The first-order valence-corrected chi connectivity index (χ1v) is 7.99. The zero-order valence-corrected chi connectivity index (χ0v) is 15.0. The molecule has 0 radical (unpaired) electrons. The second kappa shape index (κ2) is 8.13. The zero-order chi connectivity index (χ0) is 18.6. The summed E-state index contributed by atoms with van der Waals surface area (Å²) in [6.45, 7) is 1.58. The smallest absolute Gasteiger partial charge is 0.308 e. The van der Waals surface area contributed by atoms with Gasteiger partial charge in [-0.05, 0) is 18.2 Å². The van der Waals surface area contributed by atoms with Gasteiger partial charge in [-0.3, -0.25) is 9.59 Å². The van der Waals surface area contributed by atoms with Gasteiger partial charge in [-0.2, -0.15) is 0 Å². The maximum Gasteiger partial charge on any atom is 0.308 e. The Balaban J connectivity index is 2.07. The number of carbonyl (C=O) groups excluding carboxylic acids is 1. The highest BCUT2D eigenvalue weighted by molar-refractivity contribution is 6.42. The lowest BCUT2D eigenvalue weighted by Crippen LogP contribution is -2.34. The molecule has 9 heteroatoms. The number of rotatable bonds is 6. The van der Waals surface area contributed by atoms with Gasteiger partial charge >= 0.3 is 5.97 Å². The summed E-state index contributed by atoms with van der Waals surface area (Å²) < 4.78 is 5.49. The molecule has 132 valence electrons. The van der Waals surface area contributed by atoms with Crippen molar-refractivity contribution in [1.82, 2.24) is 15.1 Å². The molecule has 0 aliphatic heterocycles. The molecular formula is C16H15Cl2N3O4. The molecule has 1 unspecified atom stereocenters. The van der Waals surface area contributed by atoms with Gasteiger partial charge in [0, 0.05) is 19.7 Å². The summed E-state index contributed by atoms with van der Waals surface area (Å²) in [5.41, 5.74) is 0.0737. The number of ether oxygens (including phenoxy) is 1. The average molecular weight is 384 g/mol. The van der Waals surface area contributed by atoms with Crippen LogP contribution in [-0.4, -0.2) is 45.7 Å². The highest BCUT2D eigenvalue weighted by Gasteiger charge is 2.20. The standard InChI is InChI=1S/C16H15Cl2N3O4/c1-9(16(23)24)8-21(2)15(22)11-6-7-13(20-19-11)25-12-5-3-4-10(17)14(12)18/h3-7,9H,8H2,1-2H3,(H,23,24). The number of carbonyl (C=O) groups is 2. The Morgan fingerprint density at radius 3 is 2.56 bits per heavy atom. The number of carboxylic acids is 1. The van der Waals surface area contributed by atoms with Gasteiger partial charge in [0.05, 0.1) is 10.9 Å². The first-order chi connectivity index (χ1) is 11.8. The SMILES string of the molecule is CC(CN(C)C(=O)c1ccc(Oc2cccc(Cl)c2Cl)nn1)C(=O)O. The summed E-state index contributed by atoms with van der Waals surface area (Å²) in [7, 11) is 1.50. The van der Waals surface area contributed by atoms with Gasteiger partial charge in [0.15, 0.2) is 5.69 Å². The van der Waals surface area contributed by atoms with Crippen LogP contribution in [0.2, 0.25) is 10.0 Å². The van der Waals surface area contributed by atoms with E-state index in [0.29, 0.717) is 10.8 Å². The highest BCUT2D eigenvalue weighted by atomic mass is 35.5. The van der Waals surface area contributed by atoms with E-state index < -0.39 is 17.8 Å². The molecule has 0 aliphatic carbocycles. The van der Waals surface area contributed by atoms with E-state index in [2.05, 4.69) is 10.2 Å². The lowest BCUT2D eigenvalue weighted by molar-refractivity contribution is -0.141. The van der Waals surface area contributed by atoms with Crippen molar-refractivity contribution in [2.75, 3.05) is 13.6 Å². The summed E-state index contributed by atoms with van der Waals surface area (Å²) >= 11 is 11.9. The molecular weight excluding hydrogens is 369 g/mol. The summed E-state index contributed by atoms with van der Waals surface area (Å²) in [5, 5.41) is 17.1. The first kappa shape index (κ1) is 19.0. The molecule has 2 rings (SSSR count). The maximum atomic E-state index is 12.2. The van der Waals surface area contributed by atoms with Crippen LogP contribution >= 0.6 is 23.2 Å². The van der Waals surface area contributed by atoms with Crippen molar-refractivity contribution in [3.63, 3.8) is 0 Å². The van der Waals surface area contributed by atoms with E-state index in [0.717, 1.165) is 0 Å². The van der Waals surface area contributed by atoms with Crippen molar-refractivity contribution in [2.24, 2.45) is 5.92 Å². The molecule has 1 atom stereocenters. The number of hydrogen-bond donors (Lipinski definition) is 1. The van der Waals surface area contributed by atoms with Crippen molar-refractivity contribution in [2.45, 2.75) is 6.92 Å². The minimum atomic E-state index is -0.979. The van der Waals surface area contributed by atoms with Crippen LogP contribution < -0.4 is 4.74 Å². The van der Waals surface area contributed by atoms with Crippen LogP contribution in [0, 0.1) is 5.92 Å². The van der Waals surface area contributed by atoms with Crippen molar-refractivity contribution in [1.29, 1.82) is 0 Å². The number of aromatic nitrogens is 2. The largest absolute Gasteiger partial charge is 0.481 e. The highest BCUT2D eigenvalue weighted by Crippen LogP contribution is 2.33. The van der Waals surface area contributed by atoms with Crippen molar-refractivity contribution in [3.05, 3.63) is 46.1 Å². The van der Waals surface area contributed by atoms with Gasteiger partial charge in [0.1, 0.15) is 10.8 Å². The Labute approximate surface area is 154 Å². The van der Waals surface area contributed by atoms with E-state index in [9.17, 15) is 9.59 Å². The quantitative estimate of drug-likeness (QED) is 0.821. The number of amides is 1. The van der Waals surface area contributed by atoms with Gasteiger partial charge in [-0.25, -0.2) is 0 Å². The van der Waals surface area contributed by atoms with Crippen LogP contribution in [0.15, 0.2) is 30.3 Å². The molecule has 7 nitrogen and oxygen atoms in total. The Kier molecular flexibility index (Phi) is 6.17. The molecule has 0 saturated carbocycles. The van der Waals surface area contributed by atoms with E-state index >= 15 is 0 Å². The maximum absolute atomic E-state index is 12.2. The third-order valence-corrected chi connectivity index (χ3v) is 4.11. The van der Waals surface area contributed by atoms with Crippen LogP contribution in [-0.2, 0) is 4.79 Å². The lowest BCUT2D eigenvalue weighted by Gasteiger charge is -2.18. The molecule has 1 heterocycles. The molecule has 25 heavy (non-hydrogen) atoms. The molecule has 2 aromatic rings. The predicted octanol–water partition coefficient (Wildman–Crippen LogP) is 3.37. The van der Waals surface area contributed by atoms with Crippen molar-refractivity contribution < 1.29 is 19.4 Å². The molecule has 0 bridgehead atoms. The third kappa shape index (κ3) is 4.80. The Hall–Kier alpha value is -2.38. The molecule has 0 fully saturated rings. The molecule has 0 saturated heterocycles. The number of benzene rings is 1. The van der Waals surface area contributed by atoms with Crippen molar-refractivity contribution in [3.8, 4) is 11.6 Å². The van der Waals surface area contributed by atoms with E-state index in [1.54, 1.807) is 18.2 Å². The Morgan fingerprint density at radius 1 is 1.24 bits per heavy atom. The van der Waals surface area contributed by atoms with E-state index in [-0.39, 0.29) is 23.1 Å². The monoisotopic (exact) mass is 383 g/mol. The Morgan fingerprint density at radius 2 is 1.96 bits per heavy atom. The number of hydrogen-bond acceptors (Lipinski definition) is 5. The molecule has 1 amide bonds. The summed E-state index contributed by atoms with van der Waals surface area (Å²) in [4.78, 5) is 24.4. The fourth-order valence-corrected chi connectivity index (χ4v) is 2.26. The van der Waals surface area contributed by atoms with Gasteiger partial charge in [0.2, 0.25) is 5.88 Å². The fourth-order valence-electron chi connectivity index (χ4n) is 1.93. The fraction of sp³-hybridized carbons (Fsp3) is 0.250. The first-order valence-electron chi connectivity index (χ1n) is 7.23. The number of carboxylic acid groups (broad SMARTS) is 1. The van der Waals surface area contributed by atoms with Crippen LogP contribution in [0.25, 0.3) is 0 Å². The van der Waals surface area contributed by atoms with E-state index in [4.69, 9.17) is 33.0 Å². The van der Waals surface area contributed by atoms with Gasteiger partial charge in [-0.1, -0.05) is 36.2 Å². The van der Waals surface area contributed by atoms with Crippen LogP contribution in [0.4, 0.5) is 0 Å². The number of nitrogens with zero attached hydrogens (tertiary/aromatic N) is 3. The number of halogens is 2.